The maximum absolute atomic E-state index is 12.5. The van der Waals surface area contributed by atoms with Crippen molar-refractivity contribution in [2.75, 3.05) is 47.6 Å². The molecule has 14 nitrogen and oxygen atoms in total. The summed E-state index contributed by atoms with van der Waals surface area (Å²) in [4.78, 5) is 53.7. The molecular weight excluding hydrogens is 813 g/mol. The number of nitrogens with zero attached hydrogens (tertiary/aromatic N) is 2. The van der Waals surface area contributed by atoms with Crippen LogP contribution in [-0.2, 0) is 38.3 Å². The molecule has 0 bridgehead atoms. The van der Waals surface area contributed by atoms with Gasteiger partial charge in [-0.05, 0) is 168 Å². The third-order valence-electron chi connectivity index (χ3n) is 9.92. The number of nitrogens with one attached hydrogen (secondary N) is 6. The lowest BCUT2D eigenvalue weighted by atomic mass is 9.85. The third kappa shape index (κ3) is 11.5. The van der Waals surface area contributed by atoms with Gasteiger partial charge in [0.2, 0.25) is 12.2 Å². The predicted octanol–water partition coefficient (Wildman–Crippen LogP) is 8.54. The van der Waals surface area contributed by atoms with Crippen LogP contribution in [-0.4, -0.2) is 60.9 Å². The smallest absolute Gasteiger partial charge is 0.411 e. The minimum absolute atomic E-state index is 0.191. The van der Waals surface area contributed by atoms with Crippen molar-refractivity contribution in [3.63, 3.8) is 0 Å². The van der Waals surface area contributed by atoms with Crippen molar-refractivity contribution in [1.29, 1.82) is 0 Å². The highest BCUT2D eigenvalue weighted by Gasteiger charge is 2.20. The summed E-state index contributed by atoms with van der Waals surface area (Å²) in [5, 5.41) is 18.9. The van der Waals surface area contributed by atoms with E-state index in [1.807, 2.05) is 91.0 Å². The molecule has 2 aliphatic carbocycles. The number of carbonyl (C=O) groups is 2. The summed E-state index contributed by atoms with van der Waals surface area (Å²) in [5.74, 6) is 0. The fourth-order valence-electron chi connectivity index (χ4n) is 7.13. The van der Waals surface area contributed by atoms with Gasteiger partial charge in [-0.15, -0.1) is 0 Å². The summed E-state index contributed by atoms with van der Waals surface area (Å²) in [5.41, 5.74) is 12.7. The first-order chi connectivity index (χ1) is 29.7. The molecule has 0 spiro atoms. The number of rotatable bonds is 14. The van der Waals surface area contributed by atoms with Gasteiger partial charge in [-0.25, -0.2) is 19.2 Å². The molecule has 16 heteroatoms. The topological polar surface area (TPSA) is 184 Å². The minimum atomic E-state index is -0.550. The van der Waals surface area contributed by atoms with E-state index < -0.39 is 12.2 Å². The summed E-state index contributed by atoms with van der Waals surface area (Å²) < 4.78 is 10.7. The van der Waals surface area contributed by atoms with Gasteiger partial charge < -0.3 is 30.7 Å². The van der Waals surface area contributed by atoms with Crippen LogP contribution in [0.15, 0.2) is 107 Å². The Morgan fingerprint density at radius 1 is 0.525 bits per heavy atom. The number of ether oxygens (including phenoxy) is 2. The maximum Gasteiger partial charge on any atom is 0.411 e. The number of hydrogen-bond donors (Lipinski definition) is 6. The molecule has 6 N–H and O–H groups in total. The monoisotopic (exact) mass is 852 g/mol. The molecule has 0 aromatic heterocycles. The van der Waals surface area contributed by atoms with Gasteiger partial charge in [0.1, 0.15) is 0 Å². The van der Waals surface area contributed by atoms with Crippen LogP contribution < -0.4 is 31.9 Å². The Labute approximate surface area is 362 Å². The Morgan fingerprint density at radius 2 is 0.967 bits per heavy atom. The number of thiocarbonyl (C=S) groups is 2. The highest BCUT2D eigenvalue weighted by Crippen LogP contribution is 2.39. The van der Waals surface area contributed by atoms with Crippen molar-refractivity contribution in [1.82, 2.24) is 10.6 Å². The van der Waals surface area contributed by atoms with Crippen molar-refractivity contribution in [2.24, 2.45) is 9.98 Å². The first kappa shape index (κ1) is 41.9. The molecule has 2 amide bonds. The van der Waals surface area contributed by atoms with Gasteiger partial charge in [0.05, 0.1) is 24.6 Å². The molecular formula is C45H40N8O6S2. The molecule has 2 aliphatic rings. The third-order valence-corrected chi connectivity index (χ3v) is 10.4. The predicted molar refractivity (Wildman–Crippen MR) is 243 cm³/mol. The van der Waals surface area contributed by atoms with Crippen LogP contribution in [0.2, 0.25) is 0 Å². The zero-order chi connectivity index (χ0) is 42.6. The molecule has 0 aliphatic heterocycles. The fourth-order valence-corrected chi connectivity index (χ4v) is 7.57. The molecule has 0 atom stereocenters. The second-order valence-corrected chi connectivity index (χ2v) is 15.0. The molecule has 7 rings (SSSR count). The van der Waals surface area contributed by atoms with Crippen molar-refractivity contribution < 1.29 is 28.7 Å². The number of anilines is 4. The van der Waals surface area contributed by atoms with Crippen LogP contribution >= 0.6 is 24.4 Å². The van der Waals surface area contributed by atoms with Crippen LogP contribution in [0.1, 0.15) is 46.2 Å². The first-order valence-corrected chi connectivity index (χ1v) is 20.3. The zero-order valence-electron chi connectivity index (χ0n) is 32.8. The van der Waals surface area contributed by atoms with Crippen molar-refractivity contribution in [3.05, 3.63) is 130 Å². The summed E-state index contributed by atoms with van der Waals surface area (Å²) in [6.45, 7) is 1.35. The van der Waals surface area contributed by atoms with E-state index >= 15 is 0 Å². The Balaban J connectivity index is 0.743. The van der Waals surface area contributed by atoms with E-state index in [1.54, 1.807) is 18.2 Å². The van der Waals surface area contributed by atoms with Crippen molar-refractivity contribution in [3.8, 4) is 11.1 Å². The summed E-state index contributed by atoms with van der Waals surface area (Å²) in [6.07, 6.45) is 5.24. The van der Waals surface area contributed by atoms with Crippen molar-refractivity contribution >= 4 is 93.1 Å². The molecule has 308 valence electrons. The van der Waals surface area contributed by atoms with E-state index in [2.05, 4.69) is 41.9 Å². The normalized spacial score (nSPS) is 11.4. The van der Waals surface area contributed by atoms with E-state index in [4.69, 9.17) is 33.9 Å². The summed E-state index contributed by atoms with van der Waals surface area (Å²) >= 11 is 10.9. The Kier molecular flexibility index (Phi) is 13.9. The Morgan fingerprint density at radius 3 is 1.57 bits per heavy atom. The molecule has 0 radical (unpaired) electrons. The van der Waals surface area contributed by atoms with E-state index in [1.165, 1.54) is 11.1 Å². The Hall–Kier alpha value is -7.22. The van der Waals surface area contributed by atoms with Crippen LogP contribution in [0.5, 0.6) is 0 Å². The number of isocyanates is 2. The first-order valence-electron chi connectivity index (χ1n) is 19.5. The molecule has 0 unspecified atom stereocenters. The van der Waals surface area contributed by atoms with Crippen molar-refractivity contribution in [2.45, 2.75) is 32.1 Å². The lowest BCUT2D eigenvalue weighted by Crippen LogP contribution is -2.31. The number of benzene rings is 5. The quantitative estimate of drug-likeness (QED) is 0.0266. The fraction of sp³-hybridized carbons (Fsp3) is 0.200. The van der Waals surface area contributed by atoms with Crippen LogP contribution in [0.4, 0.5) is 43.7 Å². The average Bonchev–Trinajstić information content (AvgIpc) is 3.60. The van der Waals surface area contributed by atoms with E-state index in [-0.39, 0.29) is 13.2 Å². The van der Waals surface area contributed by atoms with E-state index in [0.717, 1.165) is 51.2 Å². The summed E-state index contributed by atoms with van der Waals surface area (Å²) in [7, 11) is 0. The Bertz CT molecular complexity index is 2610. The van der Waals surface area contributed by atoms with Gasteiger partial charge in [0, 0.05) is 35.8 Å². The highest BCUT2D eigenvalue weighted by molar-refractivity contribution is 7.80. The van der Waals surface area contributed by atoms with Gasteiger partial charge in [-0.3, -0.25) is 10.6 Å². The zero-order valence-corrected chi connectivity index (χ0v) is 34.4. The van der Waals surface area contributed by atoms with Crippen LogP contribution in [0.25, 0.3) is 11.1 Å². The van der Waals surface area contributed by atoms with Gasteiger partial charge in [0.25, 0.3) is 0 Å². The number of fused-ring (bicyclic) bond motifs is 5. The van der Waals surface area contributed by atoms with Gasteiger partial charge in [-0.1, -0.05) is 30.3 Å². The lowest BCUT2D eigenvalue weighted by Gasteiger charge is -2.20. The van der Waals surface area contributed by atoms with Gasteiger partial charge >= 0.3 is 12.2 Å². The van der Waals surface area contributed by atoms with Crippen LogP contribution in [0, 0.1) is 0 Å². The highest BCUT2D eigenvalue weighted by atomic mass is 32.1. The molecule has 0 saturated carbocycles. The lowest BCUT2D eigenvalue weighted by molar-refractivity contribution is 0.159. The molecule has 5 aromatic carbocycles. The van der Waals surface area contributed by atoms with E-state index in [0.29, 0.717) is 71.7 Å². The SMILES string of the molecule is O=C=Nc1ccc2c(c1)Cc1cc(NC(=O)OCCCNC(=S)Nc3cccc(NC(=S)NCCCOC(=O)Nc4ccc5c(c4)Cc4cc(N=C=O)ccc4-5)c3)ccc1C2. The number of carbonyl (C=O) groups excluding carboxylic acids is 4. The molecule has 5 aromatic rings. The number of amides is 2. The van der Waals surface area contributed by atoms with E-state index in [9.17, 15) is 19.2 Å². The van der Waals surface area contributed by atoms with Crippen LogP contribution in [0.3, 0.4) is 0 Å². The standard InChI is InChI=1S/C45H40N8O6S2/c54-26-48-34-8-6-28-18-29-7-9-38(22-31(29)19-30(28)21-34)52-44(56)58-16-2-14-46-42(60)50-36-4-1-5-37(25-36)51-43(61)47-15-3-17-59-45(57)53-39-11-13-41-33(24-39)20-32-23-35(49-27-55)10-12-40(32)41/h1,4-13,21-25H,2-3,14-20H2,(H,52,56)(H,53,57)(H2,46,50,60)(H2,47,51,61). The summed E-state index contributed by atoms with van der Waals surface area (Å²) in [6, 6.07) is 30.3. The average molecular weight is 853 g/mol. The minimum Gasteiger partial charge on any atom is -0.449 e. The second-order valence-electron chi connectivity index (χ2n) is 14.2. The largest absolute Gasteiger partial charge is 0.449 e. The number of aliphatic imine (C=N–C) groups is 2. The molecule has 0 heterocycles. The van der Waals surface area contributed by atoms with Gasteiger partial charge in [-0.2, -0.15) is 9.98 Å². The second kappa shape index (κ2) is 20.2. The van der Waals surface area contributed by atoms with Gasteiger partial charge in [0.15, 0.2) is 10.2 Å². The molecule has 0 fully saturated rings. The maximum atomic E-state index is 12.5. The molecule has 0 saturated heterocycles. The number of hydrogen-bond acceptors (Lipinski definition) is 10. The molecule has 61 heavy (non-hydrogen) atoms.